The fourth-order valence-electron chi connectivity index (χ4n) is 1.68. The lowest BCUT2D eigenvalue weighted by atomic mass is 10.1. The molecule has 1 rings (SSSR count). The molecule has 0 heterocycles. The molecule has 0 radical (unpaired) electrons. The SMILES string of the molecule is CCN(CC)C(=S)Oc1ccc(C[C@H](N)C(=O)O)cc1. The van der Waals surface area contributed by atoms with E-state index in [1.807, 2.05) is 18.7 Å². The first-order valence-corrected chi connectivity index (χ1v) is 6.92. The van der Waals surface area contributed by atoms with Crippen LogP contribution < -0.4 is 10.5 Å². The average molecular weight is 296 g/mol. The predicted octanol–water partition coefficient (Wildman–Crippen LogP) is 1.65. The molecule has 0 aliphatic carbocycles. The van der Waals surface area contributed by atoms with Crippen molar-refractivity contribution in [1.29, 1.82) is 0 Å². The van der Waals surface area contributed by atoms with Gasteiger partial charge in [0, 0.05) is 13.1 Å². The topological polar surface area (TPSA) is 75.8 Å². The highest BCUT2D eigenvalue weighted by atomic mass is 32.1. The summed E-state index contributed by atoms with van der Waals surface area (Å²) in [7, 11) is 0. The van der Waals surface area contributed by atoms with Gasteiger partial charge in [0.15, 0.2) is 0 Å². The van der Waals surface area contributed by atoms with Crippen LogP contribution in [0.3, 0.4) is 0 Å². The van der Waals surface area contributed by atoms with Gasteiger partial charge in [-0.3, -0.25) is 4.79 Å². The zero-order valence-corrected chi connectivity index (χ0v) is 12.5. The Morgan fingerprint density at radius 3 is 2.35 bits per heavy atom. The van der Waals surface area contributed by atoms with E-state index in [0.717, 1.165) is 18.7 Å². The zero-order valence-electron chi connectivity index (χ0n) is 11.7. The standard InChI is InChI=1S/C14H20N2O3S/c1-3-16(4-2)14(20)19-11-7-5-10(6-8-11)9-12(15)13(17)18/h5-8,12H,3-4,9,15H2,1-2H3,(H,17,18)/t12-/m0/s1. The number of nitrogens with two attached hydrogens (primary N) is 1. The van der Waals surface area contributed by atoms with Crippen molar-refractivity contribution >= 4 is 23.4 Å². The molecule has 1 aromatic carbocycles. The predicted molar refractivity (Wildman–Crippen MR) is 81.9 cm³/mol. The molecular weight excluding hydrogens is 276 g/mol. The number of hydrogen-bond donors (Lipinski definition) is 2. The minimum atomic E-state index is -1.01. The summed E-state index contributed by atoms with van der Waals surface area (Å²) in [5.41, 5.74) is 6.33. The number of thiocarbonyl (C=S) groups is 1. The van der Waals surface area contributed by atoms with Crippen LogP contribution in [-0.4, -0.2) is 40.3 Å². The molecule has 0 saturated carbocycles. The Kier molecular flexibility index (Phi) is 6.41. The van der Waals surface area contributed by atoms with Gasteiger partial charge in [-0.1, -0.05) is 12.1 Å². The molecule has 20 heavy (non-hydrogen) atoms. The monoisotopic (exact) mass is 296 g/mol. The van der Waals surface area contributed by atoms with Gasteiger partial charge in [0.1, 0.15) is 11.8 Å². The molecule has 3 N–H and O–H groups in total. The number of aliphatic carboxylic acids is 1. The molecule has 0 unspecified atom stereocenters. The van der Waals surface area contributed by atoms with Gasteiger partial charge in [-0.05, 0) is 50.2 Å². The van der Waals surface area contributed by atoms with Crippen LogP contribution in [0.1, 0.15) is 19.4 Å². The molecule has 5 nitrogen and oxygen atoms in total. The quantitative estimate of drug-likeness (QED) is 0.777. The summed E-state index contributed by atoms with van der Waals surface area (Å²) < 4.78 is 5.58. The van der Waals surface area contributed by atoms with Gasteiger partial charge >= 0.3 is 5.97 Å². The molecule has 0 bridgehead atoms. The molecule has 0 aromatic heterocycles. The minimum Gasteiger partial charge on any atom is -0.480 e. The van der Waals surface area contributed by atoms with E-state index >= 15 is 0 Å². The molecule has 1 atom stereocenters. The summed E-state index contributed by atoms with van der Waals surface area (Å²) in [5, 5.41) is 9.20. The van der Waals surface area contributed by atoms with Gasteiger partial charge in [-0.25, -0.2) is 0 Å². The van der Waals surface area contributed by atoms with Crippen molar-refractivity contribution in [1.82, 2.24) is 4.90 Å². The lowest BCUT2D eigenvalue weighted by molar-refractivity contribution is -0.138. The van der Waals surface area contributed by atoms with Gasteiger partial charge in [0.05, 0.1) is 0 Å². The molecule has 0 fully saturated rings. The Balaban J connectivity index is 2.63. The molecule has 0 amide bonds. The highest BCUT2D eigenvalue weighted by molar-refractivity contribution is 7.80. The Hall–Kier alpha value is -1.66. The van der Waals surface area contributed by atoms with Crippen LogP contribution in [0.4, 0.5) is 0 Å². The molecule has 1 aromatic rings. The largest absolute Gasteiger partial charge is 0.480 e. The molecule has 0 saturated heterocycles. The van der Waals surface area contributed by atoms with Crippen molar-refractivity contribution in [2.75, 3.05) is 13.1 Å². The highest BCUT2D eigenvalue weighted by Crippen LogP contribution is 2.14. The van der Waals surface area contributed by atoms with Crippen LogP contribution in [-0.2, 0) is 11.2 Å². The lowest BCUT2D eigenvalue weighted by Gasteiger charge is -2.21. The molecule has 6 heteroatoms. The Morgan fingerprint density at radius 2 is 1.90 bits per heavy atom. The van der Waals surface area contributed by atoms with E-state index < -0.39 is 12.0 Å². The summed E-state index contributed by atoms with van der Waals surface area (Å²) in [6, 6.07) is 6.23. The summed E-state index contributed by atoms with van der Waals surface area (Å²) in [5.74, 6) is -0.373. The van der Waals surface area contributed by atoms with Crippen molar-refractivity contribution in [3.8, 4) is 5.75 Å². The molecule has 0 aliphatic rings. The van der Waals surface area contributed by atoms with E-state index in [4.69, 9.17) is 27.8 Å². The summed E-state index contributed by atoms with van der Waals surface area (Å²) in [6.07, 6.45) is 0.288. The van der Waals surface area contributed by atoms with E-state index in [2.05, 4.69) is 0 Å². The Morgan fingerprint density at radius 1 is 1.35 bits per heavy atom. The van der Waals surface area contributed by atoms with E-state index in [-0.39, 0.29) is 6.42 Å². The number of carboxylic acids is 1. The number of ether oxygens (including phenoxy) is 1. The third kappa shape index (κ3) is 4.79. The van der Waals surface area contributed by atoms with Crippen LogP contribution in [0.5, 0.6) is 5.75 Å². The smallest absolute Gasteiger partial charge is 0.320 e. The third-order valence-corrected chi connectivity index (χ3v) is 3.26. The fourth-order valence-corrected chi connectivity index (χ4v) is 2.04. The van der Waals surface area contributed by atoms with Gasteiger partial charge in [-0.2, -0.15) is 0 Å². The highest BCUT2D eigenvalue weighted by Gasteiger charge is 2.12. The van der Waals surface area contributed by atoms with Gasteiger partial charge in [0.25, 0.3) is 5.17 Å². The summed E-state index contributed by atoms with van der Waals surface area (Å²) in [4.78, 5) is 12.6. The van der Waals surface area contributed by atoms with Crippen LogP contribution in [0.15, 0.2) is 24.3 Å². The molecule has 0 spiro atoms. The van der Waals surface area contributed by atoms with Crippen LogP contribution in [0, 0.1) is 0 Å². The third-order valence-electron chi connectivity index (χ3n) is 2.92. The van der Waals surface area contributed by atoms with Crippen LogP contribution in [0.2, 0.25) is 0 Å². The van der Waals surface area contributed by atoms with Crippen molar-refractivity contribution < 1.29 is 14.6 Å². The van der Waals surface area contributed by atoms with E-state index in [1.54, 1.807) is 24.3 Å². The van der Waals surface area contributed by atoms with Crippen LogP contribution >= 0.6 is 12.2 Å². The first-order chi connectivity index (χ1) is 9.47. The number of nitrogens with zero attached hydrogens (tertiary/aromatic N) is 1. The number of benzene rings is 1. The van der Waals surface area contributed by atoms with Crippen LogP contribution in [0.25, 0.3) is 0 Å². The number of carboxylic acid groups (broad SMARTS) is 1. The summed E-state index contributed by atoms with van der Waals surface area (Å²) >= 11 is 5.20. The zero-order chi connectivity index (χ0) is 15.1. The van der Waals surface area contributed by atoms with Crippen molar-refractivity contribution in [2.24, 2.45) is 5.73 Å². The maximum Gasteiger partial charge on any atom is 0.320 e. The van der Waals surface area contributed by atoms with Gasteiger partial charge in [0.2, 0.25) is 0 Å². The second-order valence-corrected chi connectivity index (χ2v) is 4.68. The second kappa shape index (κ2) is 7.81. The number of carbonyl (C=O) groups is 1. The first kappa shape index (κ1) is 16.4. The number of hydrogen-bond acceptors (Lipinski definition) is 4. The summed E-state index contributed by atoms with van der Waals surface area (Å²) in [6.45, 7) is 5.60. The average Bonchev–Trinajstić information content (AvgIpc) is 2.42. The molecule has 0 aliphatic heterocycles. The molecule has 110 valence electrons. The van der Waals surface area contributed by atoms with E-state index in [1.165, 1.54) is 0 Å². The lowest BCUT2D eigenvalue weighted by Crippen LogP contribution is -2.33. The van der Waals surface area contributed by atoms with E-state index in [0.29, 0.717) is 10.9 Å². The Bertz CT molecular complexity index is 458. The second-order valence-electron chi connectivity index (χ2n) is 4.33. The fraction of sp³-hybridized carbons (Fsp3) is 0.429. The first-order valence-electron chi connectivity index (χ1n) is 6.52. The maximum atomic E-state index is 10.7. The van der Waals surface area contributed by atoms with Crippen molar-refractivity contribution in [3.05, 3.63) is 29.8 Å². The van der Waals surface area contributed by atoms with Crippen molar-refractivity contribution in [3.63, 3.8) is 0 Å². The van der Waals surface area contributed by atoms with Gasteiger partial charge in [-0.15, -0.1) is 0 Å². The van der Waals surface area contributed by atoms with E-state index in [9.17, 15) is 4.79 Å². The molecular formula is C14H20N2O3S. The normalized spacial score (nSPS) is 11.8. The number of rotatable bonds is 6. The van der Waals surface area contributed by atoms with Gasteiger partial charge < -0.3 is 20.5 Å². The van der Waals surface area contributed by atoms with Crippen molar-refractivity contribution in [2.45, 2.75) is 26.3 Å². The maximum absolute atomic E-state index is 10.7. The minimum absolute atomic E-state index is 0.288. The Labute approximate surface area is 124 Å².